The van der Waals surface area contributed by atoms with E-state index in [1.165, 1.54) is 5.56 Å². The van der Waals surface area contributed by atoms with Gasteiger partial charge in [-0.2, -0.15) is 0 Å². The van der Waals surface area contributed by atoms with Crippen LogP contribution in [-0.2, 0) is 0 Å². The standard InChI is InChI=1S/C19H21N3OS/c1-3-13-12-24-19-21-17(15-9-6-7-11-20-15)18(22(13)19)14-8-4-5-10-16(14)23-2/h4-11,13,17-18H,3,12H2,1-2H3. The minimum atomic E-state index is 0.0133. The quantitative estimate of drug-likeness (QED) is 0.841. The van der Waals surface area contributed by atoms with Crippen LogP contribution < -0.4 is 4.74 Å². The molecule has 2 aliphatic heterocycles. The van der Waals surface area contributed by atoms with E-state index in [-0.39, 0.29) is 12.1 Å². The molecule has 1 fully saturated rings. The van der Waals surface area contributed by atoms with Gasteiger partial charge in [0.25, 0.3) is 0 Å². The van der Waals surface area contributed by atoms with Gasteiger partial charge in [0.2, 0.25) is 0 Å². The lowest BCUT2D eigenvalue weighted by atomic mass is 9.94. The van der Waals surface area contributed by atoms with Crippen molar-refractivity contribution in [3.8, 4) is 5.75 Å². The van der Waals surface area contributed by atoms with Crippen LogP contribution in [0.4, 0.5) is 0 Å². The number of hydrogen-bond acceptors (Lipinski definition) is 5. The first kappa shape index (κ1) is 15.5. The van der Waals surface area contributed by atoms with Crippen LogP contribution in [0.2, 0.25) is 0 Å². The lowest BCUT2D eigenvalue weighted by Crippen LogP contribution is -2.35. The van der Waals surface area contributed by atoms with Gasteiger partial charge in [0, 0.05) is 23.6 Å². The van der Waals surface area contributed by atoms with Crippen LogP contribution in [0, 0.1) is 0 Å². The lowest BCUT2D eigenvalue weighted by Gasteiger charge is -2.32. The summed E-state index contributed by atoms with van der Waals surface area (Å²) in [6.45, 7) is 2.25. The van der Waals surface area contributed by atoms with E-state index in [1.807, 2.05) is 42.2 Å². The summed E-state index contributed by atoms with van der Waals surface area (Å²) in [7, 11) is 1.74. The molecule has 2 aliphatic rings. The number of amidine groups is 1. The Kier molecular flexibility index (Phi) is 4.19. The number of thioether (sulfide) groups is 1. The summed E-state index contributed by atoms with van der Waals surface area (Å²) >= 11 is 1.86. The number of fused-ring (bicyclic) bond motifs is 1. The largest absolute Gasteiger partial charge is 0.496 e. The molecule has 0 spiro atoms. The summed E-state index contributed by atoms with van der Waals surface area (Å²) in [5.74, 6) is 2.03. The van der Waals surface area contributed by atoms with Crippen molar-refractivity contribution in [1.82, 2.24) is 9.88 Å². The fourth-order valence-electron chi connectivity index (χ4n) is 3.60. The van der Waals surface area contributed by atoms with Gasteiger partial charge in [-0.05, 0) is 24.6 Å². The zero-order chi connectivity index (χ0) is 16.5. The third kappa shape index (κ3) is 2.47. The molecule has 1 saturated heterocycles. The topological polar surface area (TPSA) is 37.7 Å². The van der Waals surface area contributed by atoms with Crippen LogP contribution in [-0.4, -0.2) is 34.0 Å². The van der Waals surface area contributed by atoms with Gasteiger partial charge in [0.05, 0.1) is 18.8 Å². The van der Waals surface area contributed by atoms with E-state index in [0.29, 0.717) is 6.04 Å². The van der Waals surface area contributed by atoms with E-state index in [1.54, 1.807) is 7.11 Å². The van der Waals surface area contributed by atoms with E-state index < -0.39 is 0 Å². The first-order chi connectivity index (χ1) is 11.8. The molecule has 0 bridgehead atoms. The van der Waals surface area contributed by atoms with Crippen molar-refractivity contribution >= 4 is 16.9 Å². The first-order valence-corrected chi connectivity index (χ1v) is 9.34. The number of aromatic nitrogens is 1. The number of rotatable bonds is 4. The molecule has 0 saturated carbocycles. The number of pyridine rings is 1. The van der Waals surface area contributed by atoms with Gasteiger partial charge < -0.3 is 9.64 Å². The Balaban J connectivity index is 1.83. The highest BCUT2D eigenvalue weighted by molar-refractivity contribution is 8.14. The highest BCUT2D eigenvalue weighted by atomic mass is 32.2. The second kappa shape index (κ2) is 6.48. The van der Waals surface area contributed by atoms with Crippen LogP contribution >= 0.6 is 11.8 Å². The normalized spacial score (nSPS) is 25.5. The number of ether oxygens (including phenoxy) is 1. The van der Waals surface area contributed by atoms with Gasteiger partial charge in [-0.15, -0.1) is 0 Å². The van der Waals surface area contributed by atoms with Crippen molar-refractivity contribution in [3.63, 3.8) is 0 Å². The lowest BCUT2D eigenvalue weighted by molar-refractivity contribution is 0.249. The number of benzene rings is 1. The van der Waals surface area contributed by atoms with Gasteiger partial charge in [-0.25, -0.2) is 0 Å². The maximum atomic E-state index is 5.65. The van der Waals surface area contributed by atoms with Crippen molar-refractivity contribution < 1.29 is 4.74 Å². The molecule has 124 valence electrons. The van der Waals surface area contributed by atoms with Crippen molar-refractivity contribution in [2.75, 3.05) is 12.9 Å². The summed E-state index contributed by atoms with van der Waals surface area (Å²) in [5.41, 5.74) is 2.21. The second-order valence-electron chi connectivity index (χ2n) is 6.08. The highest BCUT2D eigenvalue weighted by Crippen LogP contribution is 2.50. The molecule has 4 rings (SSSR count). The molecule has 24 heavy (non-hydrogen) atoms. The molecule has 0 amide bonds. The van der Waals surface area contributed by atoms with E-state index in [0.717, 1.165) is 28.8 Å². The Morgan fingerprint density at radius 3 is 2.79 bits per heavy atom. The molecule has 3 heterocycles. The van der Waals surface area contributed by atoms with Crippen molar-refractivity contribution in [3.05, 3.63) is 59.9 Å². The Morgan fingerprint density at radius 1 is 1.21 bits per heavy atom. The zero-order valence-corrected chi connectivity index (χ0v) is 14.7. The van der Waals surface area contributed by atoms with Crippen molar-refractivity contribution in [1.29, 1.82) is 0 Å². The van der Waals surface area contributed by atoms with E-state index in [4.69, 9.17) is 9.73 Å². The minimum Gasteiger partial charge on any atom is -0.496 e. The summed E-state index contributed by atoms with van der Waals surface area (Å²) in [6, 6.07) is 15.0. The summed E-state index contributed by atoms with van der Waals surface area (Å²) in [5, 5.41) is 1.15. The average Bonchev–Trinajstić information content (AvgIpc) is 3.21. The summed E-state index contributed by atoms with van der Waals surface area (Å²) in [6.07, 6.45) is 2.97. The number of hydrogen-bond donors (Lipinski definition) is 0. The maximum Gasteiger partial charge on any atom is 0.160 e. The van der Waals surface area contributed by atoms with Crippen molar-refractivity contribution in [2.45, 2.75) is 31.5 Å². The molecule has 0 radical (unpaired) electrons. The van der Waals surface area contributed by atoms with Gasteiger partial charge in [0.15, 0.2) is 5.17 Å². The number of aliphatic imine (C=N–C) groups is 1. The van der Waals surface area contributed by atoms with E-state index >= 15 is 0 Å². The number of methoxy groups -OCH3 is 1. The third-order valence-electron chi connectivity index (χ3n) is 4.79. The Bertz CT molecular complexity index is 749. The first-order valence-electron chi connectivity index (χ1n) is 8.36. The fraction of sp³-hybridized carbons (Fsp3) is 0.368. The van der Waals surface area contributed by atoms with E-state index in [9.17, 15) is 0 Å². The molecule has 0 N–H and O–H groups in total. The number of nitrogens with zero attached hydrogens (tertiary/aromatic N) is 3. The van der Waals surface area contributed by atoms with Crippen LogP contribution in [0.3, 0.4) is 0 Å². The summed E-state index contributed by atoms with van der Waals surface area (Å²) in [4.78, 5) is 12.1. The van der Waals surface area contributed by atoms with Crippen LogP contribution in [0.5, 0.6) is 5.75 Å². The van der Waals surface area contributed by atoms with Gasteiger partial charge >= 0.3 is 0 Å². The predicted octanol–water partition coefficient (Wildman–Crippen LogP) is 4.07. The van der Waals surface area contributed by atoms with Crippen LogP contribution in [0.15, 0.2) is 53.7 Å². The van der Waals surface area contributed by atoms with Gasteiger partial charge in [-0.3, -0.25) is 9.98 Å². The smallest absolute Gasteiger partial charge is 0.160 e. The second-order valence-corrected chi connectivity index (χ2v) is 7.07. The number of para-hydroxylation sites is 1. The zero-order valence-electron chi connectivity index (χ0n) is 13.9. The average molecular weight is 339 g/mol. The molecule has 0 aliphatic carbocycles. The molecule has 3 unspecified atom stereocenters. The SMILES string of the molecule is CCC1CSC2=NC(c3ccccn3)C(c3ccccc3OC)N21. The van der Waals surface area contributed by atoms with Crippen molar-refractivity contribution in [2.24, 2.45) is 4.99 Å². The molecule has 3 atom stereocenters. The minimum absolute atomic E-state index is 0.0133. The molecule has 2 aromatic rings. The summed E-state index contributed by atoms with van der Waals surface area (Å²) < 4.78 is 5.65. The molecule has 1 aromatic heterocycles. The fourth-order valence-corrected chi connectivity index (χ4v) is 4.94. The Hall–Kier alpha value is -2.01. The highest BCUT2D eigenvalue weighted by Gasteiger charge is 2.46. The van der Waals surface area contributed by atoms with Gasteiger partial charge in [0.1, 0.15) is 11.8 Å². The molecule has 4 nitrogen and oxygen atoms in total. The molecule has 1 aromatic carbocycles. The molecular formula is C19H21N3OS. The third-order valence-corrected chi connectivity index (χ3v) is 5.91. The van der Waals surface area contributed by atoms with Gasteiger partial charge in [-0.1, -0.05) is 43.0 Å². The maximum absolute atomic E-state index is 5.65. The predicted molar refractivity (Wildman–Crippen MR) is 98.5 cm³/mol. The Labute approximate surface area is 147 Å². The molecular weight excluding hydrogens is 318 g/mol. The van der Waals surface area contributed by atoms with Crippen LogP contribution in [0.25, 0.3) is 0 Å². The molecule has 5 heteroatoms. The monoisotopic (exact) mass is 339 g/mol. The van der Waals surface area contributed by atoms with Crippen LogP contribution in [0.1, 0.15) is 36.7 Å². The Morgan fingerprint density at radius 2 is 2.04 bits per heavy atom. The van der Waals surface area contributed by atoms with E-state index in [2.05, 4.69) is 35.0 Å².